The summed E-state index contributed by atoms with van der Waals surface area (Å²) in [6, 6.07) is 30.8. The van der Waals surface area contributed by atoms with Gasteiger partial charge in [-0.25, -0.2) is 4.98 Å². The van der Waals surface area contributed by atoms with Crippen molar-refractivity contribution in [3.63, 3.8) is 0 Å². The molecule has 0 fully saturated rings. The Labute approximate surface area is 167 Å². The van der Waals surface area contributed by atoms with Crippen molar-refractivity contribution >= 4 is 15.9 Å². The van der Waals surface area contributed by atoms with Crippen molar-refractivity contribution in [3.05, 3.63) is 95.5 Å². The fourth-order valence-corrected chi connectivity index (χ4v) is 3.52. The van der Waals surface area contributed by atoms with E-state index in [-0.39, 0.29) is 0 Å². The van der Waals surface area contributed by atoms with Gasteiger partial charge in [0.25, 0.3) is 0 Å². The SMILES string of the molecule is COc1ccccc1-c1cc(-c2ccccc2)cc(-c2cccc(Br)c2)n1. The monoisotopic (exact) mass is 415 g/mol. The molecule has 132 valence electrons. The summed E-state index contributed by atoms with van der Waals surface area (Å²) < 4.78 is 6.60. The Morgan fingerprint density at radius 2 is 1.37 bits per heavy atom. The molecule has 0 radical (unpaired) electrons. The molecule has 0 aliphatic heterocycles. The summed E-state index contributed by atoms with van der Waals surface area (Å²) in [6.07, 6.45) is 0. The van der Waals surface area contributed by atoms with Crippen molar-refractivity contribution in [3.8, 4) is 39.4 Å². The molecule has 0 unspecified atom stereocenters. The zero-order chi connectivity index (χ0) is 18.6. The van der Waals surface area contributed by atoms with E-state index >= 15 is 0 Å². The number of ether oxygens (including phenoxy) is 1. The number of para-hydroxylation sites is 1. The number of rotatable bonds is 4. The van der Waals surface area contributed by atoms with Crippen molar-refractivity contribution in [1.29, 1.82) is 0 Å². The summed E-state index contributed by atoms with van der Waals surface area (Å²) in [5, 5.41) is 0. The molecule has 4 aromatic rings. The van der Waals surface area contributed by atoms with Crippen LogP contribution in [-0.2, 0) is 0 Å². The van der Waals surface area contributed by atoms with E-state index in [9.17, 15) is 0 Å². The number of hydrogen-bond acceptors (Lipinski definition) is 2. The molecule has 27 heavy (non-hydrogen) atoms. The van der Waals surface area contributed by atoms with Crippen LogP contribution in [0.4, 0.5) is 0 Å². The molecule has 3 heteroatoms. The lowest BCUT2D eigenvalue weighted by Gasteiger charge is -2.12. The van der Waals surface area contributed by atoms with Crippen molar-refractivity contribution in [1.82, 2.24) is 4.98 Å². The van der Waals surface area contributed by atoms with Crippen LogP contribution in [0.15, 0.2) is 95.5 Å². The molecule has 0 atom stereocenters. The smallest absolute Gasteiger partial charge is 0.128 e. The van der Waals surface area contributed by atoms with Gasteiger partial charge in [0, 0.05) is 15.6 Å². The molecule has 0 aliphatic carbocycles. The van der Waals surface area contributed by atoms with Gasteiger partial charge in [-0.1, -0.05) is 70.5 Å². The number of hydrogen-bond donors (Lipinski definition) is 0. The van der Waals surface area contributed by atoms with Crippen molar-refractivity contribution < 1.29 is 4.74 Å². The normalized spacial score (nSPS) is 10.6. The number of methoxy groups -OCH3 is 1. The highest BCUT2D eigenvalue weighted by Crippen LogP contribution is 2.34. The predicted octanol–water partition coefficient (Wildman–Crippen LogP) is 6.85. The summed E-state index contributed by atoms with van der Waals surface area (Å²) >= 11 is 3.56. The number of aromatic nitrogens is 1. The highest BCUT2D eigenvalue weighted by Gasteiger charge is 2.12. The Kier molecular flexibility index (Phi) is 5.03. The van der Waals surface area contributed by atoms with E-state index in [0.717, 1.165) is 43.9 Å². The van der Waals surface area contributed by atoms with Gasteiger partial charge in [-0.05, 0) is 47.5 Å². The van der Waals surface area contributed by atoms with Gasteiger partial charge >= 0.3 is 0 Å². The predicted molar refractivity (Wildman–Crippen MR) is 115 cm³/mol. The lowest BCUT2D eigenvalue weighted by atomic mass is 10.00. The first-order valence-electron chi connectivity index (χ1n) is 8.71. The summed E-state index contributed by atoms with van der Waals surface area (Å²) in [4.78, 5) is 4.95. The molecule has 2 nitrogen and oxygen atoms in total. The van der Waals surface area contributed by atoms with Gasteiger partial charge in [0.05, 0.1) is 18.5 Å². The summed E-state index contributed by atoms with van der Waals surface area (Å²) in [5.74, 6) is 0.815. The second-order valence-corrected chi connectivity index (χ2v) is 7.12. The van der Waals surface area contributed by atoms with Crippen molar-refractivity contribution in [2.24, 2.45) is 0 Å². The fraction of sp³-hybridized carbons (Fsp3) is 0.0417. The molecule has 0 amide bonds. The Morgan fingerprint density at radius 1 is 0.667 bits per heavy atom. The standard InChI is InChI=1S/C24H18BrNO/c1-27-24-13-6-5-12-21(24)23-16-19(17-8-3-2-4-9-17)15-22(26-23)18-10-7-11-20(25)14-18/h2-16H,1H3. The molecule has 3 aromatic carbocycles. The van der Waals surface area contributed by atoms with Crippen LogP contribution in [-0.4, -0.2) is 12.1 Å². The quantitative estimate of drug-likeness (QED) is 0.363. The van der Waals surface area contributed by atoms with Crippen molar-refractivity contribution in [2.45, 2.75) is 0 Å². The van der Waals surface area contributed by atoms with E-state index in [4.69, 9.17) is 9.72 Å². The fourth-order valence-electron chi connectivity index (χ4n) is 3.12. The maximum absolute atomic E-state index is 5.56. The zero-order valence-corrected chi connectivity index (χ0v) is 16.5. The molecule has 0 spiro atoms. The van der Waals surface area contributed by atoms with E-state index in [2.05, 4.69) is 64.5 Å². The third kappa shape index (κ3) is 3.79. The molecule has 1 heterocycles. The van der Waals surface area contributed by atoms with Gasteiger partial charge < -0.3 is 4.74 Å². The third-order valence-electron chi connectivity index (χ3n) is 4.44. The van der Waals surface area contributed by atoms with Crippen LogP contribution in [0, 0.1) is 0 Å². The van der Waals surface area contributed by atoms with E-state index < -0.39 is 0 Å². The van der Waals surface area contributed by atoms with Crippen LogP contribution in [0.3, 0.4) is 0 Å². The molecular formula is C24H18BrNO. The van der Waals surface area contributed by atoms with Gasteiger partial charge in [-0.2, -0.15) is 0 Å². The number of halogens is 1. The van der Waals surface area contributed by atoms with Crippen LogP contribution in [0.2, 0.25) is 0 Å². The summed E-state index contributed by atoms with van der Waals surface area (Å²) in [6.45, 7) is 0. The molecule has 0 saturated heterocycles. The van der Waals surface area contributed by atoms with E-state index in [1.54, 1.807) is 7.11 Å². The highest BCUT2D eigenvalue weighted by atomic mass is 79.9. The first-order valence-corrected chi connectivity index (χ1v) is 9.51. The highest BCUT2D eigenvalue weighted by molar-refractivity contribution is 9.10. The number of pyridine rings is 1. The Balaban J connectivity index is 1.95. The van der Waals surface area contributed by atoms with Crippen molar-refractivity contribution in [2.75, 3.05) is 7.11 Å². The maximum atomic E-state index is 5.56. The minimum Gasteiger partial charge on any atom is -0.496 e. The average molecular weight is 416 g/mol. The zero-order valence-electron chi connectivity index (χ0n) is 14.9. The van der Waals surface area contributed by atoms with Gasteiger partial charge in [0.1, 0.15) is 5.75 Å². The van der Waals surface area contributed by atoms with Crippen LogP contribution in [0.5, 0.6) is 5.75 Å². The molecule has 0 N–H and O–H groups in total. The summed E-state index contributed by atoms with van der Waals surface area (Å²) in [7, 11) is 1.69. The second-order valence-electron chi connectivity index (χ2n) is 6.20. The van der Waals surface area contributed by atoms with Gasteiger partial charge in [0.2, 0.25) is 0 Å². The average Bonchev–Trinajstić information content (AvgIpc) is 2.74. The van der Waals surface area contributed by atoms with E-state index in [0.29, 0.717) is 0 Å². The maximum Gasteiger partial charge on any atom is 0.128 e. The Morgan fingerprint density at radius 3 is 2.15 bits per heavy atom. The lowest BCUT2D eigenvalue weighted by Crippen LogP contribution is -1.93. The molecule has 1 aromatic heterocycles. The van der Waals surface area contributed by atoms with Gasteiger partial charge in [-0.3, -0.25) is 0 Å². The van der Waals surface area contributed by atoms with Crippen LogP contribution >= 0.6 is 15.9 Å². The van der Waals surface area contributed by atoms with Crippen LogP contribution < -0.4 is 4.74 Å². The lowest BCUT2D eigenvalue weighted by molar-refractivity contribution is 0.416. The largest absolute Gasteiger partial charge is 0.496 e. The third-order valence-corrected chi connectivity index (χ3v) is 4.93. The Hall–Kier alpha value is -2.91. The van der Waals surface area contributed by atoms with E-state index in [1.165, 1.54) is 0 Å². The minimum absolute atomic E-state index is 0.815. The van der Waals surface area contributed by atoms with E-state index in [1.807, 2.05) is 42.5 Å². The minimum atomic E-state index is 0.815. The molecule has 0 saturated carbocycles. The topological polar surface area (TPSA) is 22.1 Å². The van der Waals surface area contributed by atoms with Crippen LogP contribution in [0.1, 0.15) is 0 Å². The second kappa shape index (κ2) is 7.77. The summed E-state index contributed by atoms with van der Waals surface area (Å²) in [5.41, 5.74) is 6.16. The van der Waals surface area contributed by atoms with Gasteiger partial charge in [0.15, 0.2) is 0 Å². The first-order chi connectivity index (χ1) is 13.2. The molecular weight excluding hydrogens is 398 g/mol. The van der Waals surface area contributed by atoms with Crippen LogP contribution in [0.25, 0.3) is 33.6 Å². The molecule has 0 aliphatic rings. The van der Waals surface area contributed by atoms with Gasteiger partial charge in [-0.15, -0.1) is 0 Å². The number of benzene rings is 3. The molecule has 0 bridgehead atoms. The number of nitrogens with zero attached hydrogens (tertiary/aromatic N) is 1. The molecule has 4 rings (SSSR count). The first kappa shape index (κ1) is 17.5. The Bertz CT molecular complexity index is 1080.